The molecule has 0 spiro atoms. The van der Waals surface area contributed by atoms with E-state index in [-0.39, 0.29) is 11.9 Å². The minimum atomic E-state index is -0.377. The van der Waals surface area contributed by atoms with Gasteiger partial charge in [0.2, 0.25) is 5.91 Å². The van der Waals surface area contributed by atoms with E-state index in [4.69, 9.17) is 11.6 Å². The first-order chi connectivity index (χ1) is 10.5. The molecule has 3 N–H and O–H groups in total. The molecule has 0 aliphatic carbocycles. The van der Waals surface area contributed by atoms with Gasteiger partial charge in [0.25, 0.3) is 0 Å². The summed E-state index contributed by atoms with van der Waals surface area (Å²) < 4.78 is 0. The molecule has 1 heterocycles. The fourth-order valence-electron chi connectivity index (χ4n) is 1.75. The number of rotatable bonds is 4. The van der Waals surface area contributed by atoms with Crippen LogP contribution in [-0.2, 0) is 11.3 Å². The molecule has 0 saturated heterocycles. The lowest BCUT2D eigenvalue weighted by molar-refractivity contribution is -0.114. The van der Waals surface area contributed by atoms with Gasteiger partial charge < -0.3 is 16.0 Å². The number of nitrogens with zero attached hydrogens (tertiary/aromatic N) is 1. The normalized spacial score (nSPS) is 9.91. The van der Waals surface area contributed by atoms with E-state index in [2.05, 4.69) is 20.9 Å². The number of halogens is 1. The quantitative estimate of drug-likeness (QED) is 0.810. The second kappa shape index (κ2) is 7.42. The summed E-state index contributed by atoms with van der Waals surface area (Å²) in [5.74, 6) is -0.189. The van der Waals surface area contributed by atoms with Crippen LogP contribution in [0.5, 0.6) is 0 Å². The van der Waals surface area contributed by atoms with E-state index in [1.165, 1.54) is 6.92 Å². The number of carbonyl (C=O) groups excluding carboxylic acids is 2. The molecule has 22 heavy (non-hydrogen) atoms. The van der Waals surface area contributed by atoms with Crippen LogP contribution in [0.2, 0.25) is 5.02 Å². The van der Waals surface area contributed by atoms with Gasteiger partial charge in [-0.25, -0.2) is 4.79 Å². The Morgan fingerprint density at radius 1 is 1.23 bits per heavy atom. The molecule has 1 aromatic carbocycles. The minimum Gasteiger partial charge on any atom is -0.334 e. The van der Waals surface area contributed by atoms with Crippen molar-refractivity contribution in [3.05, 3.63) is 53.3 Å². The number of hydrogen-bond acceptors (Lipinski definition) is 3. The molecule has 0 saturated carbocycles. The Balaban J connectivity index is 1.92. The maximum atomic E-state index is 11.8. The van der Waals surface area contributed by atoms with Crippen LogP contribution in [0.3, 0.4) is 0 Å². The van der Waals surface area contributed by atoms with Crippen LogP contribution in [0.15, 0.2) is 42.7 Å². The van der Waals surface area contributed by atoms with Crippen LogP contribution in [0.4, 0.5) is 16.2 Å². The molecule has 6 nitrogen and oxygen atoms in total. The van der Waals surface area contributed by atoms with E-state index in [9.17, 15) is 9.59 Å². The van der Waals surface area contributed by atoms with E-state index in [1.807, 2.05) is 6.07 Å². The number of carbonyl (C=O) groups is 2. The highest BCUT2D eigenvalue weighted by atomic mass is 35.5. The largest absolute Gasteiger partial charge is 0.334 e. The molecule has 0 aliphatic heterocycles. The Morgan fingerprint density at radius 3 is 2.68 bits per heavy atom. The van der Waals surface area contributed by atoms with E-state index >= 15 is 0 Å². The summed E-state index contributed by atoms with van der Waals surface area (Å²) >= 11 is 6.07. The maximum absolute atomic E-state index is 11.8. The fraction of sp³-hybridized carbons (Fsp3) is 0.133. The van der Waals surface area contributed by atoms with Crippen molar-refractivity contribution in [3.8, 4) is 0 Å². The van der Waals surface area contributed by atoms with Gasteiger partial charge >= 0.3 is 6.03 Å². The van der Waals surface area contributed by atoms with Gasteiger partial charge in [-0.05, 0) is 29.8 Å². The third-order valence-corrected chi connectivity index (χ3v) is 3.03. The average Bonchev–Trinajstić information content (AvgIpc) is 2.48. The first kappa shape index (κ1) is 15.8. The summed E-state index contributed by atoms with van der Waals surface area (Å²) in [5.41, 5.74) is 1.92. The number of aromatic nitrogens is 1. The van der Waals surface area contributed by atoms with Crippen molar-refractivity contribution in [2.45, 2.75) is 13.5 Å². The lowest BCUT2D eigenvalue weighted by Gasteiger charge is -2.10. The minimum absolute atomic E-state index is 0.189. The second-order valence-corrected chi connectivity index (χ2v) is 4.95. The number of urea groups is 1. The van der Waals surface area contributed by atoms with Crippen molar-refractivity contribution >= 4 is 34.9 Å². The Bertz CT molecular complexity index is 676. The van der Waals surface area contributed by atoms with Gasteiger partial charge in [-0.2, -0.15) is 0 Å². The third kappa shape index (κ3) is 4.75. The lowest BCUT2D eigenvalue weighted by Crippen LogP contribution is -2.28. The Labute approximate surface area is 132 Å². The van der Waals surface area contributed by atoms with Gasteiger partial charge in [0, 0.05) is 31.5 Å². The third-order valence-electron chi connectivity index (χ3n) is 2.71. The molecular weight excluding hydrogens is 304 g/mol. The van der Waals surface area contributed by atoms with Gasteiger partial charge in [-0.15, -0.1) is 0 Å². The molecule has 114 valence electrons. The molecule has 7 heteroatoms. The van der Waals surface area contributed by atoms with E-state index in [0.717, 1.165) is 5.56 Å². The highest BCUT2D eigenvalue weighted by molar-refractivity contribution is 6.34. The van der Waals surface area contributed by atoms with Crippen LogP contribution in [-0.4, -0.2) is 16.9 Å². The van der Waals surface area contributed by atoms with E-state index < -0.39 is 0 Å². The molecule has 2 rings (SSSR count). The van der Waals surface area contributed by atoms with E-state index in [1.54, 1.807) is 36.7 Å². The first-order valence-corrected chi connectivity index (χ1v) is 6.93. The van der Waals surface area contributed by atoms with Crippen molar-refractivity contribution < 1.29 is 9.59 Å². The topological polar surface area (TPSA) is 83.1 Å². The van der Waals surface area contributed by atoms with Crippen LogP contribution in [0.1, 0.15) is 12.5 Å². The molecule has 1 aromatic heterocycles. The van der Waals surface area contributed by atoms with Gasteiger partial charge in [0.05, 0.1) is 10.7 Å². The predicted molar refractivity (Wildman–Crippen MR) is 85.9 cm³/mol. The van der Waals surface area contributed by atoms with Gasteiger partial charge in [0.1, 0.15) is 0 Å². The molecule has 0 atom stereocenters. The number of anilines is 2. The Morgan fingerprint density at radius 2 is 2.05 bits per heavy atom. The number of amides is 3. The maximum Gasteiger partial charge on any atom is 0.319 e. The average molecular weight is 319 g/mol. The summed E-state index contributed by atoms with van der Waals surface area (Å²) in [6.45, 7) is 1.77. The summed E-state index contributed by atoms with van der Waals surface area (Å²) in [6, 6.07) is 8.13. The lowest BCUT2D eigenvalue weighted by atomic mass is 10.2. The van der Waals surface area contributed by atoms with Crippen LogP contribution in [0.25, 0.3) is 0 Å². The van der Waals surface area contributed by atoms with Crippen molar-refractivity contribution in [2.75, 3.05) is 10.6 Å². The van der Waals surface area contributed by atoms with Gasteiger partial charge in [0.15, 0.2) is 0 Å². The van der Waals surface area contributed by atoms with Crippen molar-refractivity contribution in [3.63, 3.8) is 0 Å². The van der Waals surface area contributed by atoms with Gasteiger partial charge in [-0.1, -0.05) is 17.7 Å². The van der Waals surface area contributed by atoms with Crippen molar-refractivity contribution in [2.24, 2.45) is 0 Å². The molecule has 0 unspecified atom stereocenters. The number of pyridine rings is 1. The SMILES string of the molecule is CC(=O)Nc1ccc(NC(=O)NCc2cccnc2)c(Cl)c1. The summed E-state index contributed by atoms with van der Waals surface area (Å²) in [5, 5.41) is 8.30. The summed E-state index contributed by atoms with van der Waals surface area (Å²) in [6.07, 6.45) is 3.34. The molecule has 2 aromatic rings. The Kier molecular flexibility index (Phi) is 5.32. The van der Waals surface area contributed by atoms with Crippen LogP contribution < -0.4 is 16.0 Å². The molecule has 0 radical (unpaired) electrons. The standard InChI is InChI=1S/C15H15ClN4O2/c1-10(21)19-12-4-5-14(13(16)7-12)20-15(22)18-9-11-3-2-6-17-8-11/h2-8H,9H2,1H3,(H,19,21)(H2,18,20,22). The fourth-order valence-corrected chi connectivity index (χ4v) is 1.98. The van der Waals surface area contributed by atoms with Crippen molar-refractivity contribution in [1.82, 2.24) is 10.3 Å². The smallest absolute Gasteiger partial charge is 0.319 e. The van der Waals surface area contributed by atoms with Crippen molar-refractivity contribution in [1.29, 1.82) is 0 Å². The molecule has 0 fully saturated rings. The zero-order valence-electron chi connectivity index (χ0n) is 11.9. The molecule has 0 bridgehead atoms. The second-order valence-electron chi connectivity index (χ2n) is 4.54. The predicted octanol–water partition coefficient (Wildman–Crippen LogP) is 3.02. The monoisotopic (exact) mass is 318 g/mol. The van der Waals surface area contributed by atoms with Crippen LogP contribution in [0, 0.1) is 0 Å². The first-order valence-electron chi connectivity index (χ1n) is 6.55. The highest BCUT2D eigenvalue weighted by Gasteiger charge is 2.07. The molecule has 0 aliphatic rings. The summed E-state index contributed by atoms with van der Waals surface area (Å²) in [7, 11) is 0. The zero-order valence-corrected chi connectivity index (χ0v) is 12.6. The number of hydrogen-bond donors (Lipinski definition) is 3. The summed E-state index contributed by atoms with van der Waals surface area (Å²) in [4.78, 5) is 26.8. The number of benzene rings is 1. The molecule has 3 amide bonds. The van der Waals surface area contributed by atoms with E-state index in [0.29, 0.717) is 22.9 Å². The Hall–Kier alpha value is -2.60. The number of nitrogens with one attached hydrogen (secondary N) is 3. The molecular formula is C15H15ClN4O2. The van der Waals surface area contributed by atoms with Crippen LogP contribution >= 0.6 is 11.6 Å². The highest BCUT2D eigenvalue weighted by Crippen LogP contribution is 2.25. The van der Waals surface area contributed by atoms with Gasteiger partial charge in [-0.3, -0.25) is 9.78 Å². The zero-order chi connectivity index (χ0) is 15.9.